The molecule has 4 heteroatoms. The SMILES string of the molecule is CN(C(=O)C1(C)CCCCC1)c1ccccc1C(N)=S. The number of hydrogen-bond donors (Lipinski definition) is 1. The Morgan fingerprint density at radius 3 is 2.45 bits per heavy atom. The molecule has 1 amide bonds. The van der Waals surface area contributed by atoms with Gasteiger partial charge in [0.2, 0.25) is 5.91 Å². The van der Waals surface area contributed by atoms with Crippen LogP contribution in [0.1, 0.15) is 44.6 Å². The maximum Gasteiger partial charge on any atom is 0.232 e. The first-order valence-corrected chi connectivity index (χ1v) is 7.53. The minimum Gasteiger partial charge on any atom is -0.389 e. The molecule has 1 aliphatic carbocycles. The van der Waals surface area contributed by atoms with Crippen molar-refractivity contribution in [2.45, 2.75) is 39.0 Å². The molecule has 0 unspecified atom stereocenters. The van der Waals surface area contributed by atoms with Crippen LogP contribution in [0.4, 0.5) is 5.69 Å². The van der Waals surface area contributed by atoms with E-state index >= 15 is 0 Å². The molecule has 0 bridgehead atoms. The molecule has 1 fully saturated rings. The standard InChI is InChI=1S/C16H22N2OS/c1-16(10-6-3-7-11-16)15(19)18(2)13-9-5-4-8-12(13)14(17)20/h4-5,8-9H,3,6-7,10-11H2,1-2H3,(H2,17,20). The highest BCUT2D eigenvalue weighted by atomic mass is 32.1. The highest BCUT2D eigenvalue weighted by Crippen LogP contribution is 2.38. The van der Waals surface area contributed by atoms with Crippen LogP contribution in [0.25, 0.3) is 0 Å². The maximum atomic E-state index is 12.8. The monoisotopic (exact) mass is 290 g/mol. The number of nitrogens with two attached hydrogens (primary N) is 1. The molecular formula is C16H22N2OS. The fourth-order valence-corrected chi connectivity index (χ4v) is 3.21. The van der Waals surface area contributed by atoms with Crippen LogP contribution in [-0.4, -0.2) is 17.9 Å². The predicted molar refractivity (Wildman–Crippen MR) is 86.9 cm³/mol. The van der Waals surface area contributed by atoms with Gasteiger partial charge in [-0.05, 0) is 25.0 Å². The van der Waals surface area contributed by atoms with Crippen LogP contribution in [0.3, 0.4) is 0 Å². The fourth-order valence-electron chi connectivity index (χ4n) is 3.03. The summed E-state index contributed by atoms with van der Waals surface area (Å²) in [5.74, 6) is 0.168. The summed E-state index contributed by atoms with van der Waals surface area (Å²) >= 11 is 5.08. The van der Waals surface area contributed by atoms with Crippen molar-refractivity contribution in [1.29, 1.82) is 0 Å². The van der Waals surface area contributed by atoms with E-state index < -0.39 is 0 Å². The Hall–Kier alpha value is -1.42. The highest BCUT2D eigenvalue weighted by Gasteiger charge is 2.37. The smallest absolute Gasteiger partial charge is 0.232 e. The molecule has 0 spiro atoms. The van der Waals surface area contributed by atoms with Crippen molar-refractivity contribution in [3.63, 3.8) is 0 Å². The van der Waals surface area contributed by atoms with E-state index in [4.69, 9.17) is 18.0 Å². The lowest BCUT2D eigenvalue weighted by Crippen LogP contribution is -2.42. The Bertz CT molecular complexity index is 521. The molecular weight excluding hydrogens is 268 g/mol. The Kier molecular flexibility index (Phi) is 4.43. The van der Waals surface area contributed by atoms with Gasteiger partial charge in [-0.15, -0.1) is 0 Å². The van der Waals surface area contributed by atoms with E-state index in [9.17, 15) is 4.79 Å². The van der Waals surface area contributed by atoms with Crippen molar-refractivity contribution >= 4 is 28.8 Å². The first-order chi connectivity index (χ1) is 9.46. The summed E-state index contributed by atoms with van der Waals surface area (Å²) in [6.45, 7) is 2.08. The number of amides is 1. The summed E-state index contributed by atoms with van der Waals surface area (Å²) in [7, 11) is 1.82. The van der Waals surface area contributed by atoms with Gasteiger partial charge in [-0.25, -0.2) is 0 Å². The molecule has 1 aliphatic rings. The number of rotatable bonds is 3. The molecule has 1 saturated carbocycles. The van der Waals surface area contributed by atoms with E-state index in [-0.39, 0.29) is 11.3 Å². The van der Waals surface area contributed by atoms with Gasteiger partial charge in [0.05, 0.1) is 5.69 Å². The minimum atomic E-state index is -0.254. The third-order valence-electron chi connectivity index (χ3n) is 4.31. The van der Waals surface area contributed by atoms with Gasteiger partial charge in [0.1, 0.15) is 4.99 Å². The zero-order valence-corrected chi connectivity index (χ0v) is 13.0. The summed E-state index contributed by atoms with van der Waals surface area (Å²) in [5, 5.41) is 0. The molecule has 2 rings (SSSR count). The van der Waals surface area contributed by atoms with E-state index in [1.807, 2.05) is 31.3 Å². The zero-order valence-electron chi connectivity index (χ0n) is 12.2. The van der Waals surface area contributed by atoms with Crippen molar-refractivity contribution < 1.29 is 4.79 Å². The fraction of sp³-hybridized carbons (Fsp3) is 0.500. The summed E-state index contributed by atoms with van der Waals surface area (Å²) in [4.78, 5) is 14.9. The Balaban J connectivity index is 2.29. The summed E-state index contributed by atoms with van der Waals surface area (Å²) in [6, 6.07) is 7.56. The Labute approximate surface area is 126 Å². The summed E-state index contributed by atoms with van der Waals surface area (Å²) < 4.78 is 0. The second kappa shape index (κ2) is 5.92. The predicted octanol–water partition coefficient (Wildman–Crippen LogP) is 3.25. The van der Waals surface area contributed by atoms with Crippen molar-refractivity contribution in [3.05, 3.63) is 29.8 Å². The van der Waals surface area contributed by atoms with E-state index in [0.29, 0.717) is 4.99 Å². The first kappa shape index (κ1) is 15.0. The second-order valence-electron chi connectivity index (χ2n) is 5.87. The number of para-hydroxylation sites is 1. The van der Waals surface area contributed by atoms with Crippen molar-refractivity contribution in [2.24, 2.45) is 11.1 Å². The van der Waals surface area contributed by atoms with Crippen LogP contribution in [0, 0.1) is 5.41 Å². The maximum absolute atomic E-state index is 12.8. The van der Waals surface area contributed by atoms with Gasteiger partial charge in [0, 0.05) is 18.0 Å². The summed E-state index contributed by atoms with van der Waals surface area (Å²) in [6.07, 6.45) is 5.42. The molecule has 3 nitrogen and oxygen atoms in total. The first-order valence-electron chi connectivity index (χ1n) is 7.13. The highest BCUT2D eigenvalue weighted by molar-refractivity contribution is 7.80. The lowest BCUT2D eigenvalue weighted by atomic mass is 9.74. The van der Waals surface area contributed by atoms with Crippen LogP contribution in [-0.2, 0) is 4.79 Å². The van der Waals surface area contributed by atoms with Crippen LogP contribution in [0.15, 0.2) is 24.3 Å². The Morgan fingerprint density at radius 2 is 1.85 bits per heavy atom. The molecule has 20 heavy (non-hydrogen) atoms. The molecule has 0 radical (unpaired) electrons. The molecule has 0 aromatic heterocycles. The average molecular weight is 290 g/mol. The quantitative estimate of drug-likeness (QED) is 0.869. The van der Waals surface area contributed by atoms with Gasteiger partial charge < -0.3 is 10.6 Å². The lowest BCUT2D eigenvalue weighted by Gasteiger charge is -2.36. The van der Waals surface area contributed by atoms with Gasteiger partial charge in [-0.2, -0.15) is 0 Å². The normalized spacial score (nSPS) is 17.5. The van der Waals surface area contributed by atoms with Gasteiger partial charge in [-0.3, -0.25) is 4.79 Å². The molecule has 2 N–H and O–H groups in total. The van der Waals surface area contributed by atoms with Crippen molar-refractivity contribution in [1.82, 2.24) is 0 Å². The number of hydrogen-bond acceptors (Lipinski definition) is 2. The Morgan fingerprint density at radius 1 is 1.25 bits per heavy atom. The van der Waals surface area contributed by atoms with Crippen LogP contribution >= 0.6 is 12.2 Å². The van der Waals surface area contributed by atoms with Gasteiger partial charge in [0.15, 0.2) is 0 Å². The van der Waals surface area contributed by atoms with E-state index in [1.165, 1.54) is 6.42 Å². The largest absolute Gasteiger partial charge is 0.389 e. The van der Waals surface area contributed by atoms with Gasteiger partial charge in [-0.1, -0.05) is 50.5 Å². The molecule has 108 valence electrons. The van der Waals surface area contributed by atoms with Crippen LogP contribution in [0.5, 0.6) is 0 Å². The number of anilines is 1. The molecule has 0 heterocycles. The molecule has 0 saturated heterocycles. The van der Waals surface area contributed by atoms with Crippen LogP contribution < -0.4 is 10.6 Å². The third-order valence-corrected chi connectivity index (χ3v) is 4.53. The minimum absolute atomic E-state index is 0.168. The second-order valence-corrected chi connectivity index (χ2v) is 6.31. The molecule has 1 aromatic carbocycles. The van der Waals surface area contributed by atoms with E-state index in [1.54, 1.807) is 4.90 Å². The van der Waals surface area contributed by atoms with Crippen molar-refractivity contribution in [2.75, 3.05) is 11.9 Å². The topological polar surface area (TPSA) is 46.3 Å². The van der Waals surface area contributed by atoms with E-state index in [2.05, 4.69) is 6.92 Å². The number of nitrogens with zero attached hydrogens (tertiary/aromatic N) is 1. The molecule has 0 atom stereocenters. The number of carbonyl (C=O) groups excluding carboxylic acids is 1. The van der Waals surface area contributed by atoms with Crippen LogP contribution in [0.2, 0.25) is 0 Å². The van der Waals surface area contributed by atoms with E-state index in [0.717, 1.165) is 36.9 Å². The average Bonchev–Trinajstić information content (AvgIpc) is 2.46. The molecule has 0 aliphatic heterocycles. The summed E-state index contributed by atoms with van der Waals surface area (Å²) in [5.41, 5.74) is 7.07. The molecule has 1 aromatic rings. The van der Waals surface area contributed by atoms with Gasteiger partial charge >= 0.3 is 0 Å². The third kappa shape index (κ3) is 2.85. The van der Waals surface area contributed by atoms with Crippen molar-refractivity contribution in [3.8, 4) is 0 Å². The number of thiocarbonyl (C=S) groups is 1. The lowest BCUT2D eigenvalue weighted by molar-refractivity contribution is -0.128. The number of benzene rings is 1. The number of carbonyl (C=O) groups is 1. The zero-order chi connectivity index (χ0) is 14.8. The van der Waals surface area contributed by atoms with Gasteiger partial charge in [0.25, 0.3) is 0 Å².